The van der Waals surface area contributed by atoms with Crippen LogP contribution in [0.1, 0.15) is 18.1 Å². The van der Waals surface area contributed by atoms with Gasteiger partial charge in [0.1, 0.15) is 16.4 Å². The number of anilines is 4. The Hall–Kier alpha value is -3.19. The van der Waals surface area contributed by atoms with Crippen molar-refractivity contribution >= 4 is 40.3 Å². The standard InChI is InChI=1S/C20H19N5OS/c1-12-11-13-7-5-6-10-15(13)25(12)20-23-17(21)16(18(26)24-20)19(27)22-14-8-3-2-4-9-14/h2-10,12H,11H2,1H3,(H,22,27)(H3,21,23,24,26)/t12-/m1/s1. The molecule has 0 amide bonds. The molecule has 0 unspecified atom stereocenters. The van der Waals surface area contributed by atoms with Crippen LogP contribution in [0.5, 0.6) is 0 Å². The molecule has 7 heteroatoms. The number of fused-ring (bicyclic) bond motifs is 1. The van der Waals surface area contributed by atoms with Crippen LogP contribution in [-0.4, -0.2) is 21.0 Å². The van der Waals surface area contributed by atoms with Crippen LogP contribution < -0.4 is 21.5 Å². The van der Waals surface area contributed by atoms with E-state index in [9.17, 15) is 4.79 Å². The zero-order valence-electron chi connectivity index (χ0n) is 14.8. The van der Waals surface area contributed by atoms with Gasteiger partial charge in [0.25, 0.3) is 5.56 Å². The Kier molecular flexibility index (Phi) is 4.37. The number of hydrogen-bond acceptors (Lipinski definition) is 5. The number of aromatic nitrogens is 2. The molecular weight excluding hydrogens is 358 g/mol. The summed E-state index contributed by atoms with van der Waals surface area (Å²) in [7, 11) is 0. The first-order valence-corrected chi connectivity index (χ1v) is 9.08. The predicted octanol–water partition coefficient (Wildman–Crippen LogP) is 3.22. The van der Waals surface area contributed by atoms with Crippen LogP contribution in [0.2, 0.25) is 0 Å². The van der Waals surface area contributed by atoms with E-state index in [1.807, 2.05) is 53.4 Å². The Balaban J connectivity index is 1.69. The highest BCUT2D eigenvalue weighted by molar-refractivity contribution is 7.81. The van der Waals surface area contributed by atoms with Crippen LogP contribution in [0.3, 0.4) is 0 Å². The summed E-state index contributed by atoms with van der Waals surface area (Å²) in [5.74, 6) is 0.542. The number of H-pyrrole nitrogens is 1. The smallest absolute Gasteiger partial charge is 0.264 e. The lowest BCUT2D eigenvalue weighted by Crippen LogP contribution is -2.31. The van der Waals surface area contributed by atoms with Crippen molar-refractivity contribution in [2.75, 3.05) is 16.0 Å². The number of aromatic amines is 1. The topological polar surface area (TPSA) is 87.0 Å². The first-order valence-electron chi connectivity index (χ1n) is 8.68. The fraction of sp³-hybridized carbons (Fsp3) is 0.150. The minimum Gasteiger partial charge on any atom is -0.383 e. The first kappa shape index (κ1) is 17.2. The van der Waals surface area contributed by atoms with Gasteiger partial charge in [-0.25, -0.2) is 0 Å². The van der Waals surface area contributed by atoms with Crippen molar-refractivity contribution in [1.29, 1.82) is 0 Å². The summed E-state index contributed by atoms with van der Waals surface area (Å²) >= 11 is 5.38. The fourth-order valence-electron chi connectivity index (χ4n) is 3.42. The molecule has 0 fully saturated rings. The van der Waals surface area contributed by atoms with E-state index in [0.717, 1.165) is 17.8 Å². The summed E-state index contributed by atoms with van der Waals surface area (Å²) in [6.07, 6.45) is 0.884. The van der Waals surface area contributed by atoms with Crippen LogP contribution in [0.25, 0.3) is 0 Å². The molecule has 0 saturated heterocycles. The van der Waals surface area contributed by atoms with Crippen LogP contribution in [-0.2, 0) is 6.42 Å². The number of benzene rings is 2. The molecule has 136 valence electrons. The second-order valence-corrected chi connectivity index (χ2v) is 6.93. The average molecular weight is 377 g/mol. The lowest BCUT2D eigenvalue weighted by molar-refractivity contribution is 0.738. The Labute approximate surface area is 162 Å². The Bertz CT molecular complexity index is 1060. The third-order valence-corrected chi connectivity index (χ3v) is 4.94. The zero-order chi connectivity index (χ0) is 19.0. The van der Waals surface area contributed by atoms with Gasteiger partial charge in [-0.1, -0.05) is 48.6 Å². The molecule has 2 aromatic carbocycles. The van der Waals surface area contributed by atoms with Gasteiger partial charge in [0.05, 0.1) is 0 Å². The van der Waals surface area contributed by atoms with E-state index in [0.29, 0.717) is 5.95 Å². The molecule has 1 aromatic heterocycles. The van der Waals surface area contributed by atoms with Crippen LogP contribution in [0, 0.1) is 0 Å². The highest BCUT2D eigenvalue weighted by Crippen LogP contribution is 2.36. The van der Waals surface area contributed by atoms with Gasteiger partial charge >= 0.3 is 0 Å². The second kappa shape index (κ2) is 6.85. The molecule has 3 aromatic rings. The van der Waals surface area contributed by atoms with Crippen LogP contribution in [0.4, 0.5) is 23.1 Å². The molecule has 4 N–H and O–H groups in total. The van der Waals surface area contributed by atoms with Gasteiger partial charge in [-0.15, -0.1) is 0 Å². The van der Waals surface area contributed by atoms with Crippen LogP contribution >= 0.6 is 12.2 Å². The van der Waals surface area contributed by atoms with Crippen molar-refractivity contribution in [2.45, 2.75) is 19.4 Å². The van der Waals surface area contributed by atoms with Crippen molar-refractivity contribution in [3.8, 4) is 0 Å². The molecule has 27 heavy (non-hydrogen) atoms. The number of nitrogens with zero attached hydrogens (tertiary/aromatic N) is 2. The molecule has 0 saturated carbocycles. The van der Waals surface area contributed by atoms with Crippen molar-refractivity contribution < 1.29 is 0 Å². The molecule has 1 aliphatic rings. The molecule has 1 aliphatic heterocycles. The van der Waals surface area contributed by atoms with E-state index in [1.165, 1.54) is 5.56 Å². The maximum atomic E-state index is 12.7. The monoisotopic (exact) mass is 377 g/mol. The maximum absolute atomic E-state index is 12.7. The highest BCUT2D eigenvalue weighted by atomic mass is 32.1. The van der Waals surface area contributed by atoms with Gasteiger partial charge in [0.15, 0.2) is 0 Å². The fourth-order valence-corrected chi connectivity index (χ4v) is 3.73. The molecule has 2 heterocycles. The molecule has 1 atom stereocenters. The predicted molar refractivity (Wildman–Crippen MR) is 113 cm³/mol. The number of nitrogens with two attached hydrogens (primary N) is 1. The lowest BCUT2D eigenvalue weighted by Gasteiger charge is -2.23. The summed E-state index contributed by atoms with van der Waals surface area (Å²) in [5, 5.41) is 3.03. The Morgan fingerprint density at radius 2 is 1.93 bits per heavy atom. The van der Waals surface area contributed by atoms with Crippen molar-refractivity contribution in [1.82, 2.24) is 9.97 Å². The average Bonchev–Trinajstić information content (AvgIpc) is 2.97. The molecule has 0 spiro atoms. The number of nitrogen functional groups attached to an aromatic ring is 1. The van der Waals surface area contributed by atoms with E-state index in [4.69, 9.17) is 18.0 Å². The maximum Gasteiger partial charge on any atom is 0.264 e. The highest BCUT2D eigenvalue weighted by Gasteiger charge is 2.29. The summed E-state index contributed by atoms with van der Waals surface area (Å²) in [5.41, 5.74) is 8.98. The minimum atomic E-state index is -0.359. The van der Waals surface area contributed by atoms with Gasteiger partial charge < -0.3 is 16.0 Å². The van der Waals surface area contributed by atoms with E-state index in [-0.39, 0.29) is 28.0 Å². The molecule has 6 nitrogen and oxygen atoms in total. The minimum absolute atomic E-state index is 0.110. The number of thiocarbonyl (C=S) groups is 1. The van der Waals surface area contributed by atoms with Crippen LogP contribution in [0.15, 0.2) is 59.4 Å². The van der Waals surface area contributed by atoms with Gasteiger partial charge in [-0.05, 0) is 37.1 Å². The van der Waals surface area contributed by atoms with E-state index >= 15 is 0 Å². The van der Waals surface area contributed by atoms with Gasteiger partial charge in [-0.2, -0.15) is 4.98 Å². The largest absolute Gasteiger partial charge is 0.383 e. The Morgan fingerprint density at radius 3 is 2.67 bits per heavy atom. The summed E-state index contributed by atoms with van der Waals surface area (Å²) in [6.45, 7) is 2.09. The lowest BCUT2D eigenvalue weighted by atomic mass is 10.1. The third kappa shape index (κ3) is 3.17. The van der Waals surface area contributed by atoms with E-state index < -0.39 is 0 Å². The molecule has 0 aliphatic carbocycles. The zero-order valence-corrected chi connectivity index (χ0v) is 15.6. The molecule has 4 rings (SSSR count). The normalized spacial score (nSPS) is 15.4. The number of para-hydroxylation sites is 2. The van der Waals surface area contributed by atoms with E-state index in [2.05, 4.69) is 28.3 Å². The SMILES string of the molecule is C[C@@H]1Cc2ccccc2N1c1nc(N)c(C(=S)Nc2ccccc2)c(=O)[nH]1. The van der Waals surface area contributed by atoms with E-state index in [1.54, 1.807) is 0 Å². The molecular formula is C20H19N5OS. The first-order chi connectivity index (χ1) is 13.0. The third-order valence-electron chi connectivity index (χ3n) is 4.63. The second-order valence-electron chi connectivity index (χ2n) is 6.52. The number of rotatable bonds is 3. The summed E-state index contributed by atoms with van der Waals surface area (Å²) < 4.78 is 0. The van der Waals surface area contributed by atoms with Crippen molar-refractivity contribution in [3.63, 3.8) is 0 Å². The quantitative estimate of drug-likeness (QED) is 0.608. The summed E-state index contributed by atoms with van der Waals surface area (Å²) in [4.78, 5) is 22.3. The Morgan fingerprint density at radius 1 is 1.22 bits per heavy atom. The van der Waals surface area contributed by atoms with Crippen molar-refractivity contribution in [3.05, 3.63) is 76.1 Å². The number of nitrogens with one attached hydrogen (secondary N) is 2. The van der Waals surface area contributed by atoms with Crippen molar-refractivity contribution in [2.24, 2.45) is 0 Å². The summed E-state index contributed by atoms with van der Waals surface area (Å²) in [6, 6.07) is 17.6. The molecule has 0 radical (unpaired) electrons. The molecule has 0 bridgehead atoms. The number of hydrogen-bond donors (Lipinski definition) is 3. The van der Waals surface area contributed by atoms with Gasteiger partial charge in [0.2, 0.25) is 5.95 Å². The van der Waals surface area contributed by atoms with Gasteiger partial charge in [-0.3, -0.25) is 9.78 Å². The van der Waals surface area contributed by atoms with Gasteiger partial charge in [0, 0.05) is 17.4 Å².